The van der Waals surface area contributed by atoms with Gasteiger partial charge < -0.3 is 9.97 Å². The number of aromatic nitrogens is 6. The van der Waals surface area contributed by atoms with Crippen LogP contribution < -0.4 is 0 Å². The molecule has 0 amide bonds. The lowest BCUT2D eigenvalue weighted by atomic mass is 10.2. The van der Waals surface area contributed by atoms with Gasteiger partial charge in [-0.25, -0.2) is 19.9 Å². The maximum atomic E-state index is 9.01. The van der Waals surface area contributed by atoms with Gasteiger partial charge in [0, 0.05) is 0 Å². The van der Waals surface area contributed by atoms with Crippen LogP contribution in [0.15, 0.2) is 48.8 Å². The number of fused-ring (bicyclic) bond motifs is 2. The molecule has 5 rings (SSSR count). The van der Waals surface area contributed by atoms with Gasteiger partial charge in [-0.3, -0.25) is 0 Å². The van der Waals surface area contributed by atoms with E-state index in [9.17, 15) is 0 Å². The van der Waals surface area contributed by atoms with Crippen molar-refractivity contribution >= 4 is 22.1 Å². The van der Waals surface area contributed by atoms with Crippen LogP contribution in [0.3, 0.4) is 0 Å². The van der Waals surface area contributed by atoms with Gasteiger partial charge in [0.25, 0.3) is 0 Å². The molecule has 3 aromatic heterocycles. The molecule has 0 saturated heterocycles. The normalized spacial score (nSPS) is 10.8. The third-order valence-corrected chi connectivity index (χ3v) is 4.36. The summed E-state index contributed by atoms with van der Waals surface area (Å²) in [7, 11) is 0. The third kappa shape index (κ3) is 2.54. The molecule has 8 heteroatoms. The Hall–Kier alpha value is -4.56. The van der Waals surface area contributed by atoms with Crippen LogP contribution in [0.5, 0.6) is 0 Å². The van der Waals surface area contributed by atoms with Gasteiger partial charge in [-0.15, -0.1) is 0 Å². The van der Waals surface area contributed by atoms with E-state index in [1.165, 1.54) is 0 Å². The van der Waals surface area contributed by atoms with E-state index >= 15 is 0 Å². The summed E-state index contributed by atoms with van der Waals surface area (Å²) in [5.41, 5.74) is 5.34. The molecule has 130 valence electrons. The minimum Gasteiger partial charge on any atom is -0.337 e. The molecule has 0 fully saturated rings. The van der Waals surface area contributed by atoms with Crippen molar-refractivity contribution in [2.24, 2.45) is 0 Å². The van der Waals surface area contributed by atoms with Gasteiger partial charge in [-0.05, 0) is 36.4 Å². The van der Waals surface area contributed by atoms with Crippen molar-refractivity contribution in [3.05, 3.63) is 59.9 Å². The number of benzene rings is 2. The molecule has 0 aliphatic carbocycles. The molecule has 2 aromatic carbocycles. The number of hydrogen-bond acceptors (Lipinski definition) is 6. The SMILES string of the molecule is N#Cc1ccc2nc(-c3cnc(-c4nc5ccc(C#N)cc5[nH]4)cn3)[nH]c2c1. The van der Waals surface area contributed by atoms with Crippen LogP contribution >= 0.6 is 0 Å². The monoisotopic (exact) mass is 362 g/mol. The Morgan fingerprint density at radius 3 is 1.54 bits per heavy atom. The fourth-order valence-corrected chi connectivity index (χ4v) is 2.97. The number of nitriles is 2. The zero-order chi connectivity index (χ0) is 19.1. The molecule has 0 radical (unpaired) electrons. The van der Waals surface area contributed by atoms with Gasteiger partial charge in [0.05, 0.1) is 57.7 Å². The quantitative estimate of drug-likeness (QED) is 0.495. The summed E-state index contributed by atoms with van der Waals surface area (Å²) >= 11 is 0. The van der Waals surface area contributed by atoms with Gasteiger partial charge in [0.1, 0.15) is 11.4 Å². The number of nitrogens with zero attached hydrogens (tertiary/aromatic N) is 6. The second kappa shape index (κ2) is 6.01. The summed E-state index contributed by atoms with van der Waals surface area (Å²) in [6, 6.07) is 14.7. The highest BCUT2D eigenvalue weighted by atomic mass is 15.0. The average molecular weight is 362 g/mol. The average Bonchev–Trinajstić information content (AvgIpc) is 3.36. The predicted molar refractivity (Wildman–Crippen MR) is 102 cm³/mol. The fourth-order valence-electron chi connectivity index (χ4n) is 2.97. The lowest BCUT2D eigenvalue weighted by Gasteiger charge is -1.98. The Kier molecular flexibility index (Phi) is 3.36. The topological polar surface area (TPSA) is 131 Å². The predicted octanol–water partition coefficient (Wildman–Crippen LogP) is 3.31. The molecular formula is C20H10N8. The molecule has 5 aromatic rings. The van der Waals surface area contributed by atoms with E-state index in [4.69, 9.17) is 10.5 Å². The van der Waals surface area contributed by atoms with Gasteiger partial charge in [0.15, 0.2) is 11.6 Å². The molecule has 0 atom stereocenters. The summed E-state index contributed by atoms with van der Waals surface area (Å²) in [6.45, 7) is 0. The molecule has 0 aliphatic heterocycles. The van der Waals surface area contributed by atoms with E-state index in [0.29, 0.717) is 34.2 Å². The first-order chi connectivity index (χ1) is 13.7. The van der Waals surface area contributed by atoms with Crippen molar-refractivity contribution in [1.29, 1.82) is 10.5 Å². The molecule has 0 bridgehead atoms. The molecule has 2 N–H and O–H groups in total. The third-order valence-electron chi connectivity index (χ3n) is 4.36. The molecule has 3 heterocycles. The first kappa shape index (κ1) is 15.7. The van der Waals surface area contributed by atoms with Crippen LogP contribution in [-0.2, 0) is 0 Å². The Labute approximate surface area is 158 Å². The first-order valence-electron chi connectivity index (χ1n) is 8.36. The zero-order valence-electron chi connectivity index (χ0n) is 14.3. The van der Waals surface area contributed by atoms with Gasteiger partial charge in [-0.2, -0.15) is 10.5 Å². The number of imidazole rings is 2. The van der Waals surface area contributed by atoms with Crippen molar-refractivity contribution in [3.63, 3.8) is 0 Å². The number of rotatable bonds is 2. The summed E-state index contributed by atoms with van der Waals surface area (Å²) in [4.78, 5) is 24.2. The van der Waals surface area contributed by atoms with E-state index in [0.717, 1.165) is 22.1 Å². The molecular weight excluding hydrogens is 352 g/mol. The Balaban J connectivity index is 1.50. The largest absolute Gasteiger partial charge is 0.337 e. The maximum Gasteiger partial charge on any atom is 0.158 e. The van der Waals surface area contributed by atoms with E-state index < -0.39 is 0 Å². The summed E-state index contributed by atoms with van der Waals surface area (Å²) in [6.07, 6.45) is 3.23. The highest BCUT2D eigenvalue weighted by molar-refractivity contribution is 5.81. The highest BCUT2D eigenvalue weighted by Crippen LogP contribution is 2.22. The van der Waals surface area contributed by atoms with Crippen molar-refractivity contribution in [2.45, 2.75) is 0 Å². The number of nitrogens with one attached hydrogen (secondary N) is 2. The molecule has 0 spiro atoms. The Bertz CT molecular complexity index is 1320. The summed E-state index contributed by atoms with van der Waals surface area (Å²) in [5, 5.41) is 18.0. The van der Waals surface area contributed by atoms with Crippen molar-refractivity contribution in [1.82, 2.24) is 29.9 Å². The molecule has 28 heavy (non-hydrogen) atoms. The second-order valence-electron chi connectivity index (χ2n) is 6.15. The minimum atomic E-state index is 0.563. The lowest BCUT2D eigenvalue weighted by Crippen LogP contribution is -1.91. The van der Waals surface area contributed by atoms with Gasteiger partial charge >= 0.3 is 0 Å². The summed E-state index contributed by atoms with van der Waals surface area (Å²) in [5.74, 6) is 1.15. The van der Waals surface area contributed by atoms with Gasteiger partial charge in [0.2, 0.25) is 0 Å². The Morgan fingerprint density at radius 2 is 1.14 bits per heavy atom. The van der Waals surface area contributed by atoms with E-state index in [-0.39, 0.29) is 0 Å². The lowest BCUT2D eigenvalue weighted by molar-refractivity contribution is 1.14. The first-order valence-corrected chi connectivity index (χ1v) is 8.36. The van der Waals surface area contributed by atoms with Crippen LogP contribution in [0, 0.1) is 22.7 Å². The summed E-state index contributed by atoms with van der Waals surface area (Å²) < 4.78 is 0. The second-order valence-corrected chi connectivity index (χ2v) is 6.15. The molecule has 8 nitrogen and oxygen atoms in total. The van der Waals surface area contributed by atoms with Crippen molar-refractivity contribution in [2.75, 3.05) is 0 Å². The van der Waals surface area contributed by atoms with Crippen LogP contribution in [0.25, 0.3) is 45.1 Å². The van der Waals surface area contributed by atoms with Crippen LogP contribution in [0.4, 0.5) is 0 Å². The Morgan fingerprint density at radius 1 is 0.679 bits per heavy atom. The van der Waals surface area contributed by atoms with Crippen molar-refractivity contribution in [3.8, 4) is 35.2 Å². The van der Waals surface area contributed by atoms with E-state index in [1.807, 2.05) is 0 Å². The maximum absolute atomic E-state index is 9.01. The van der Waals surface area contributed by atoms with E-state index in [2.05, 4.69) is 42.0 Å². The van der Waals surface area contributed by atoms with E-state index in [1.54, 1.807) is 48.8 Å². The number of hydrogen-bond donors (Lipinski definition) is 2. The standard InChI is InChI=1S/C20H10N8/c21-7-11-1-3-13-15(5-11)27-19(25-13)17-9-24-18(10-23-17)20-26-14-4-2-12(8-22)6-16(14)28-20/h1-6,9-10H,(H,25,27)(H,26,28). The van der Waals surface area contributed by atoms with Crippen LogP contribution in [-0.4, -0.2) is 29.9 Å². The molecule has 0 aliphatic rings. The molecule has 0 unspecified atom stereocenters. The van der Waals surface area contributed by atoms with Crippen LogP contribution in [0.2, 0.25) is 0 Å². The number of aromatic amines is 2. The highest BCUT2D eigenvalue weighted by Gasteiger charge is 2.11. The zero-order valence-corrected chi connectivity index (χ0v) is 14.3. The number of H-pyrrole nitrogens is 2. The van der Waals surface area contributed by atoms with Crippen molar-refractivity contribution < 1.29 is 0 Å². The van der Waals surface area contributed by atoms with Crippen LogP contribution in [0.1, 0.15) is 11.1 Å². The molecule has 0 saturated carbocycles. The smallest absolute Gasteiger partial charge is 0.158 e. The fraction of sp³-hybridized carbons (Fsp3) is 0. The van der Waals surface area contributed by atoms with Gasteiger partial charge in [-0.1, -0.05) is 0 Å². The minimum absolute atomic E-state index is 0.563.